The van der Waals surface area contributed by atoms with Crippen LogP contribution >= 0.6 is 0 Å². The smallest absolute Gasteiger partial charge is 0.150 e. The topological polar surface area (TPSA) is 27.7 Å². The molecule has 0 fully saturated rings. The van der Waals surface area contributed by atoms with Gasteiger partial charge in [0.05, 0.1) is 14.2 Å². The van der Waals surface area contributed by atoms with Gasteiger partial charge in [-0.15, -0.1) is 0 Å². The molecule has 0 saturated carbocycles. The fourth-order valence-electron chi connectivity index (χ4n) is 6.46. The van der Waals surface area contributed by atoms with Gasteiger partial charge >= 0.3 is 0 Å². The van der Waals surface area contributed by atoms with Crippen molar-refractivity contribution in [2.45, 2.75) is 25.4 Å². The molecule has 39 heavy (non-hydrogen) atoms. The summed E-state index contributed by atoms with van der Waals surface area (Å²) in [6.07, 6.45) is 2.10. The van der Waals surface area contributed by atoms with E-state index in [0.29, 0.717) is 0 Å². The Kier molecular flexibility index (Phi) is 5.31. The molecule has 1 atom stereocenters. The number of hydrogen-bond donors (Lipinski definition) is 0. The second-order valence-corrected chi connectivity index (χ2v) is 10.8. The predicted octanol–water partition coefficient (Wildman–Crippen LogP) is 8.84. The van der Waals surface area contributed by atoms with Crippen LogP contribution in [0.3, 0.4) is 0 Å². The molecule has 1 aliphatic heterocycles. The second-order valence-electron chi connectivity index (χ2n) is 10.8. The van der Waals surface area contributed by atoms with Crippen molar-refractivity contribution in [3.05, 3.63) is 125 Å². The van der Waals surface area contributed by atoms with Gasteiger partial charge in [0, 0.05) is 21.9 Å². The van der Waals surface area contributed by atoms with Crippen LogP contribution in [-0.2, 0) is 5.41 Å². The number of methoxy groups -OCH3 is 2. The van der Waals surface area contributed by atoms with Gasteiger partial charge in [-0.25, -0.2) is 0 Å². The van der Waals surface area contributed by atoms with Crippen molar-refractivity contribution in [1.82, 2.24) is 0 Å². The summed E-state index contributed by atoms with van der Waals surface area (Å²) < 4.78 is 18.0. The molecule has 0 radical (unpaired) electrons. The molecular weight excluding hydrogens is 480 g/mol. The summed E-state index contributed by atoms with van der Waals surface area (Å²) >= 11 is 0. The summed E-state index contributed by atoms with van der Waals surface area (Å²) in [5, 5.41) is 2.38. The summed E-state index contributed by atoms with van der Waals surface area (Å²) in [7, 11) is 3.39. The first-order valence-electron chi connectivity index (χ1n) is 13.4. The van der Waals surface area contributed by atoms with Gasteiger partial charge in [0.15, 0.2) is 0 Å². The van der Waals surface area contributed by atoms with Crippen LogP contribution in [-0.4, -0.2) is 14.2 Å². The molecular formula is C36H30O3. The van der Waals surface area contributed by atoms with E-state index >= 15 is 0 Å². The molecule has 7 rings (SSSR count). The average Bonchev–Trinajstić information content (AvgIpc) is 3.24. The van der Waals surface area contributed by atoms with Gasteiger partial charge in [-0.1, -0.05) is 86.6 Å². The fourth-order valence-corrected chi connectivity index (χ4v) is 6.46. The summed E-state index contributed by atoms with van der Waals surface area (Å²) in [6, 6.07) is 34.0. The molecule has 0 amide bonds. The van der Waals surface area contributed by atoms with Crippen molar-refractivity contribution < 1.29 is 14.2 Å². The normalized spacial score (nSPS) is 16.5. The maximum atomic E-state index is 7.11. The lowest BCUT2D eigenvalue weighted by molar-refractivity contribution is 0.264. The van der Waals surface area contributed by atoms with Crippen molar-refractivity contribution in [1.29, 1.82) is 0 Å². The zero-order valence-electron chi connectivity index (χ0n) is 22.6. The molecule has 2 aliphatic rings. The molecule has 0 bridgehead atoms. The highest BCUT2D eigenvalue weighted by Crippen LogP contribution is 2.58. The Morgan fingerprint density at radius 3 is 2.00 bits per heavy atom. The molecule has 0 N–H and O–H groups in total. The van der Waals surface area contributed by atoms with E-state index in [0.717, 1.165) is 39.3 Å². The zero-order chi connectivity index (χ0) is 26.7. The van der Waals surface area contributed by atoms with Crippen LogP contribution in [0.25, 0.3) is 33.5 Å². The third-order valence-corrected chi connectivity index (χ3v) is 8.36. The van der Waals surface area contributed by atoms with E-state index in [4.69, 9.17) is 14.2 Å². The van der Waals surface area contributed by atoms with Gasteiger partial charge in [-0.05, 0) is 69.1 Å². The van der Waals surface area contributed by atoms with E-state index in [-0.39, 0.29) is 11.5 Å². The molecule has 3 heteroatoms. The molecule has 1 aliphatic carbocycles. The minimum atomic E-state index is -0.273. The molecule has 5 aromatic rings. The van der Waals surface area contributed by atoms with E-state index in [1.807, 2.05) is 24.3 Å². The largest absolute Gasteiger partial charge is 0.497 e. The van der Waals surface area contributed by atoms with Crippen LogP contribution in [0.15, 0.2) is 97.1 Å². The minimum Gasteiger partial charge on any atom is -0.497 e. The highest BCUT2D eigenvalue weighted by Gasteiger charge is 2.41. The minimum absolute atomic E-state index is 0.169. The summed E-state index contributed by atoms with van der Waals surface area (Å²) in [5.74, 6) is 2.61. The third kappa shape index (κ3) is 3.50. The van der Waals surface area contributed by atoms with Crippen molar-refractivity contribution in [3.63, 3.8) is 0 Å². The lowest BCUT2D eigenvalue weighted by atomic mass is 9.77. The standard InChI is InChI=1S/C36H30O3/c1-36(2)31-12-8-7-11-28(31)32-26-9-5-6-10-27(26)35-30(33(32)36)21-29(22-13-17-24(37-3)18-14-22)34(39-35)23-15-19-25(38-4)20-16-23/h5-21,34H,1-4H3. The van der Waals surface area contributed by atoms with Crippen LogP contribution in [0.4, 0.5) is 0 Å². The summed E-state index contributed by atoms with van der Waals surface area (Å²) in [4.78, 5) is 0. The van der Waals surface area contributed by atoms with E-state index in [1.54, 1.807) is 14.2 Å². The molecule has 0 spiro atoms. The number of rotatable bonds is 4. The van der Waals surface area contributed by atoms with Crippen molar-refractivity contribution in [3.8, 4) is 28.4 Å². The van der Waals surface area contributed by atoms with Crippen LogP contribution in [0.2, 0.25) is 0 Å². The maximum Gasteiger partial charge on any atom is 0.150 e. The highest BCUT2D eigenvalue weighted by atomic mass is 16.5. The molecule has 1 heterocycles. The fraction of sp³-hybridized carbons (Fsp3) is 0.167. The number of hydrogen-bond acceptors (Lipinski definition) is 3. The molecule has 3 nitrogen and oxygen atoms in total. The van der Waals surface area contributed by atoms with Gasteiger partial charge in [0.25, 0.3) is 0 Å². The van der Waals surface area contributed by atoms with Crippen LogP contribution in [0, 0.1) is 0 Å². The van der Waals surface area contributed by atoms with Gasteiger partial charge in [-0.2, -0.15) is 0 Å². The first-order valence-corrected chi connectivity index (χ1v) is 13.4. The van der Waals surface area contributed by atoms with E-state index in [2.05, 4.69) is 92.7 Å². The Bertz CT molecular complexity index is 1760. The molecule has 192 valence electrons. The number of ether oxygens (including phenoxy) is 3. The highest BCUT2D eigenvalue weighted by molar-refractivity contribution is 6.10. The Morgan fingerprint density at radius 2 is 1.31 bits per heavy atom. The maximum absolute atomic E-state index is 7.11. The number of benzene rings is 5. The first kappa shape index (κ1) is 23.6. The lowest BCUT2D eigenvalue weighted by Crippen LogP contribution is -2.20. The van der Waals surface area contributed by atoms with Crippen molar-refractivity contribution in [2.24, 2.45) is 0 Å². The quantitative estimate of drug-likeness (QED) is 0.242. The molecule has 0 saturated heterocycles. The summed E-state index contributed by atoms with van der Waals surface area (Å²) in [5.41, 5.74) is 9.63. The van der Waals surface area contributed by atoms with Gasteiger partial charge in [0.1, 0.15) is 23.4 Å². The lowest BCUT2D eigenvalue weighted by Gasteiger charge is -2.33. The van der Waals surface area contributed by atoms with Gasteiger partial charge < -0.3 is 14.2 Å². The Morgan fingerprint density at radius 1 is 0.692 bits per heavy atom. The number of fused-ring (bicyclic) bond motifs is 8. The van der Waals surface area contributed by atoms with E-state index in [1.165, 1.54) is 33.2 Å². The molecule has 1 unspecified atom stereocenters. The molecule has 0 aromatic heterocycles. The molecule has 5 aromatic carbocycles. The Balaban J connectivity index is 1.54. The van der Waals surface area contributed by atoms with E-state index < -0.39 is 0 Å². The predicted molar refractivity (Wildman–Crippen MR) is 159 cm³/mol. The summed E-state index contributed by atoms with van der Waals surface area (Å²) in [6.45, 7) is 4.67. The Hall–Kier alpha value is -4.50. The average molecular weight is 511 g/mol. The second kappa shape index (κ2) is 8.78. The first-order chi connectivity index (χ1) is 19.0. The van der Waals surface area contributed by atoms with Crippen molar-refractivity contribution >= 4 is 22.4 Å². The Labute approximate surface area is 229 Å². The van der Waals surface area contributed by atoms with Gasteiger partial charge in [-0.3, -0.25) is 0 Å². The monoisotopic (exact) mass is 510 g/mol. The van der Waals surface area contributed by atoms with Crippen LogP contribution < -0.4 is 14.2 Å². The van der Waals surface area contributed by atoms with Gasteiger partial charge in [0.2, 0.25) is 0 Å². The van der Waals surface area contributed by atoms with E-state index in [9.17, 15) is 0 Å². The van der Waals surface area contributed by atoms with Crippen molar-refractivity contribution in [2.75, 3.05) is 14.2 Å². The van der Waals surface area contributed by atoms with Crippen LogP contribution in [0.1, 0.15) is 47.8 Å². The van der Waals surface area contributed by atoms with Crippen LogP contribution in [0.5, 0.6) is 17.2 Å². The SMILES string of the molecule is COc1ccc(C2=Cc3c4c(c5ccccc5c3OC2c2ccc(OC)cc2)-c2ccccc2C4(C)C)cc1. The zero-order valence-corrected chi connectivity index (χ0v) is 22.6. The third-order valence-electron chi connectivity index (χ3n) is 8.36.